The van der Waals surface area contributed by atoms with E-state index in [0.717, 1.165) is 10.8 Å². The summed E-state index contributed by atoms with van der Waals surface area (Å²) in [6.45, 7) is 0.348. The first-order chi connectivity index (χ1) is 12.6. The average Bonchev–Trinajstić information content (AvgIpc) is 3.09. The zero-order valence-corrected chi connectivity index (χ0v) is 15.6. The highest BCUT2D eigenvalue weighted by molar-refractivity contribution is 7.09. The number of aromatic nitrogens is 1. The second-order valence-electron chi connectivity index (χ2n) is 5.40. The molecule has 0 saturated heterocycles. The van der Waals surface area contributed by atoms with Crippen LogP contribution in [-0.4, -0.2) is 18.0 Å². The molecule has 0 fully saturated rings. The van der Waals surface area contributed by atoms with E-state index in [0.29, 0.717) is 28.8 Å². The summed E-state index contributed by atoms with van der Waals surface area (Å²) in [5.74, 6) is 1.20. The molecule has 3 rings (SSSR count). The van der Waals surface area contributed by atoms with Gasteiger partial charge in [0.15, 0.2) is 0 Å². The number of rotatable bonds is 7. The summed E-state index contributed by atoms with van der Waals surface area (Å²) >= 11 is 7.31. The Kier molecular flexibility index (Phi) is 6.09. The lowest BCUT2D eigenvalue weighted by Gasteiger charge is -2.09. The second-order valence-corrected chi connectivity index (χ2v) is 6.78. The summed E-state index contributed by atoms with van der Waals surface area (Å²) < 4.78 is 10.9. The molecule has 3 aromatic rings. The van der Waals surface area contributed by atoms with Crippen LogP contribution in [0.3, 0.4) is 0 Å². The van der Waals surface area contributed by atoms with Crippen molar-refractivity contribution in [2.24, 2.45) is 0 Å². The molecule has 0 aliphatic carbocycles. The third-order valence-corrected chi connectivity index (χ3v) is 4.62. The monoisotopic (exact) mass is 388 g/mol. The molecule has 0 radical (unpaired) electrons. The number of benzene rings is 2. The number of nitrogens with one attached hydrogen (secondary N) is 1. The minimum Gasteiger partial charge on any atom is -0.495 e. The van der Waals surface area contributed by atoms with Crippen molar-refractivity contribution in [3.63, 3.8) is 0 Å². The molecule has 1 aromatic heterocycles. The van der Waals surface area contributed by atoms with Crippen LogP contribution in [0.4, 0.5) is 5.69 Å². The summed E-state index contributed by atoms with van der Waals surface area (Å²) in [5.41, 5.74) is 1.35. The van der Waals surface area contributed by atoms with Gasteiger partial charge in [0.25, 0.3) is 0 Å². The number of carbonyl (C=O) groups excluding carboxylic acids is 1. The summed E-state index contributed by atoms with van der Waals surface area (Å²) in [5, 5.41) is 6.17. The molecule has 0 aliphatic heterocycles. The largest absolute Gasteiger partial charge is 0.495 e. The lowest BCUT2D eigenvalue weighted by atomic mass is 10.2. The predicted octanol–water partition coefficient (Wildman–Crippen LogP) is 4.57. The van der Waals surface area contributed by atoms with E-state index >= 15 is 0 Å². The summed E-state index contributed by atoms with van der Waals surface area (Å²) in [6, 6.07) is 14.4. The molecule has 1 amide bonds. The highest BCUT2D eigenvalue weighted by Crippen LogP contribution is 2.23. The van der Waals surface area contributed by atoms with E-state index < -0.39 is 0 Å². The maximum absolute atomic E-state index is 12.2. The number of carbonyl (C=O) groups is 1. The smallest absolute Gasteiger partial charge is 0.230 e. The fourth-order valence-corrected chi connectivity index (χ4v) is 3.11. The number of amides is 1. The SMILES string of the molecule is COc1ccccc1NC(=O)Cc1csc(COc2ccc(Cl)cc2)n1. The van der Waals surface area contributed by atoms with Gasteiger partial charge >= 0.3 is 0 Å². The van der Waals surface area contributed by atoms with Gasteiger partial charge in [-0.3, -0.25) is 4.79 Å². The number of thiazole rings is 1. The first-order valence-electron chi connectivity index (χ1n) is 7.88. The van der Waals surface area contributed by atoms with Crippen LogP contribution in [0.5, 0.6) is 11.5 Å². The molecule has 0 unspecified atom stereocenters. The lowest BCUT2D eigenvalue weighted by molar-refractivity contribution is -0.115. The van der Waals surface area contributed by atoms with Crippen molar-refractivity contribution in [3.8, 4) is 11.5 Å². The standard InChI is InChI=1S/C19H17ClN2O3S/c1-24-17-5-3-2-4-16(17)22-18(23)10-14-12-26-19(21-14)11-25-15-8-6-13(20)7-9-15/h2-9,12H,10-11H2,1H3,(H,22,23). The Morgan fingerprint density at radius 2 is 1.96 bits per heavy atom. The van der Waals surface area contributed by atoms with Crippen molar-refractivity contribution in [3.05, 3.63) is 69.6 Å². The van der Waals surface area contributed by atoms with Gasteiger partial charge < -0.3 is 14.8 Å². The number of nitrogens with zero attached hydrogens (tertiary/aromatic N) is 1. The highest BCUT2D eigenvalue weighted by Gasteiger charge is 2.11. The molecule has 0 atom stereocenters. The molecule has 1 heterocycles. The predicted molar refractivity (Wildman–Crippen MR) is 103 cm³/mol. The minimum atomic E-state index is -0.148. The quantitative estimate of drug-likeness (QED) is 0.644. The van der Waals surface area contributed by atoms with Gasteiger partial charge in [0.2, 0.25) is 5.91 Å². The average molecular weight is 389 g/mol. The van der Waals surface area contributed by atoms with Crippen molar-refractivity contribution >= 4 is 34.5 Å². The van der Waals surface area contributed by atoms with Crippen LogP contribution in [0.15, 0.2) is 53.9 Å². The fourth-order valence-electron chi connectivity index (χ4n) is 2.28. The van der Waals surface area contributed by atoms with Gasteiger partial charge in [-0.25, -0.2) is 4.98 Å². The topological polar surface area (TPSA) is 60.5 Å². The number of ether oxygens (including phenoxy) is 2. The number of hydrogen-bond acceptors (Lipinski definition) is 5. The third kappa shape index (κ3) is 4.97. The maximum Gasteiger partial charge on any atom is 0.230 e. The molecule has 1 N–H and O–H groups in total. The van der Waals surface area contributed by atoms with Crippen LogP contribution in [0.2, 0.25) is 5.02 Å². The summed E-state index contributed by atoms with van der Waals surface area (Å²) in [6.07, 6.45) is 0.190. The Labute approximate surface area is 160 Å². The molecular formula is C19H17ClN2O3S. The van der Waals surface area contributed by atoms with Crippen molar-refractivity contribution < 1.29 is 14.3 Å². The van der Waals surface area contributed by atoms with Crippen LogP contribution >= 0.6 is 22.9 Å². The van der Waals surface area contributed by atoms with E-state index in [-0.39, 0.29) is 12.3 Å². The molecular weight excluding hydrogens is 372 g/mol. The first-order valence-corrected chi connectivity index (χ1v) is 9.14. The molecule has 2 aromatic carbocycles. The second kappa shape index (κ2) is 8.69. The van der Waals surface area contributed by atoms with E-state index in [2.05, 4.69) is 10.3 Å². The number of halogens is 1. The molecule has 0 spiro atoms. The van der Waals surface area contributed by atoms with E-state index in [1.165, 1.54) is 11.3 Å². The van der Waals surface area contributed by atoms with Gasteiger partial charge in [-0.2, -0.15) is 0 Å². The van der Waals surface area contributed by atoms with Gasteiger partial charge in [0.1, 0.15) is 23.1 Å². The number of para-hydroxylation sites is 2. The molecule has 5 nitrogen and oxygen atoms in total. The van der Waals surface area contributed by atoms with Gasteiger partial charge in [0.05, 0.1) is 24.9 Å². The summed E-state index contributed by atoms with van der Waals surface area (Å²) in [4.78, 5) is 16.7. The Bertz CT molecular complexity index is 881. The van der Waals surface area contributed by atoms with Gasteiger partial charge in [-0.05, 0) is 36.4 Å². The maximum atomic E-state index is 12.2. The van der Waals surface area contributed by atoms with Crippen LogP contribution in [-0.2, 0) is 17.8 Å². The molecule has 7 heteroatoms. The van der Waals surface area contributed by atoms with E-state index in [4.69, 9.17) is 21.1 Å². The zero-order chi connectivity index (χ0) is 18.4. The van der Waals surface area contributed by atoms with Crippen molar-refractivity contribution in [2.45, 2.75) is 13.0 Å². The van der Waals surface area contributed by atoms with E-state index in [9.17, 15) is 4.79 Å². The lowest BCUT2D eigenvalue weighted by Crippen LogP contribution is -2.15. The van der Waals surface area contributed by atoms with Crippen molar-refractivity contribution in [1.82, 2.24) is 4.98 Å². The van der Waals surface area contributed by atoms with Gasteiger partial charge in [0, 0.05) is 10.4 Å². The fraction of sp³-hybridized carbons (Fsp3) is 0.158. The Balaban J connectivity index is 1.54. The number of anilines is 1. The van der Waals surface area contributed by atoms with Gasteiger partial charge in [-0.1, -0.05) is 23.7 Å². The van der Waals surface area contributed by atoms with Crippen LogP contribution in [0, 0.1) is 0 Å². The third-order valence-electron chi connectivity index (χ3n) is 3.50. The Morgan fingerprint density at radius 1 is 1.19 bits per heavy atom. The first kappa shape index (κ1) is 18.2. The molecule has 0 aliphatic rings. The number of hydrogen-bond donors (Lipinski definition) is 1. The van der Waals surface area contributed by atoms with E-state index in [1.54, 1.807) is 43.5 Å². The Morgan fingerprint density at radius 3 is 2.73 bits per heavy atom. The summed E-state index contributed by atoms with van der Waals surface area (Å²) in [7, 11) is 1.57. The van der Waals surface area contributed by atoms with Crippen LogP contribution in [0.25, 0.3) is 0 Å². The van der Waals surface area contributed by atoms with Crippen LogP contribution < -0.4 is 14.8 Å². The minimum absolute atomic E-state index is 0.148. The highest BCUT2D eigenvalue weighted by atomic mass is 35.5. The normalized spacial score (nSPS) is 10.4. The van der Waals surface area contributed by atoms with Crippen LogP contribution in [0.1, 0.15) is 10.7 Å². The molecule has 26 heavy (non-hydrogen) atoms. The number of methoxy groups -OCH3 is 1. The molecule has 134 valence electrons. The van der Waals surface area contributed by atoms with Gasteiger partial charge in [-0.15, -0.1) is 11.3 Å². The Hall–Kier alpha value is -2.57. The van der Waals surface area contributed by atoms with Crippen molar-refractivity contribution in [1.29, 1.82) is 0 Å². The van der Waals surface area contributed by atoms with Crippen molar-refractivity contribution in [2.75, 3.05) is 12.4 Å². The zero-order valence-electron chi connectivity index (χ0n) is 14.1. The molecule has 0 bridgehead atoms. The molecule has 0 saturated carbocycles. The van der Waals surface area contributed by atoms with E-state index in [1.807, 2.05) is 17.5 Å².